The SMILES string of the molecule is O=[N+]([O-])c1cc(NCc2cnc(Cl)s2)cc(Oc2cccc(C(F)(F)F)c2)c1. The number of aromatic nitrogens is 1. The van der Waals surface area contributed by atoms with Crippen LogP contribution in [-0.4, -0.2) is 9.91 Å². The third-order valence-corrected chi connectivity index (χ3v) is 4.61. The van der Waals surface area contributed by atoms with Crippen molar-refractivity contribution in [2.24, 2.45) is 0 Å². The number of rotatable bonds is 6. The molecule has 0 saturated carbocycles. The van der Waals surface area contributed by atoms with Crippen LogP contribution in [0.5, 0.6) is 11.5 Å². The van der Waals surface area contributed by atoms with E-state index in [0.717, 1.165) is 23.1 Å². The van der Waals surface area contributed by atoms with Gasteiger partial charge in [-0.1, -0.05) is 17.7 Å². The third-order valence-electron chi connectivity index (χ3n) is 3.49. The van der Waals surface area contributed by atoms with E-state index in [1.165, 1.54) is 35.6 Å². The molecule has 0 atom stereocenters. The first-order valence-corrected chi connectivity index (χ1v) is 8.89. The molecule has 146 valence electrons. The molecule has 0 amide bonds. The number of ether oxygens (including phenoxy) is 1. The van der Waals surface area contributed by atoms with Crippen LogP contribution in [0.25, 0.3) is 0 Å². The van der Waals surface area contributed by atoms with Gasteiger partial charge in [0, 0.05) is 28.9 Å². The molecule has 3 aromatic rings. The molecule has 0 aliphatic rings. The number of nitrogens with zero attached hydrogens (tertiary/aromatic N) is 2. The summed E-state index contributed by atoms with van der Waals surface area (Å²) in [6.45, 7) is 0.314. The van der Waals surface area contributed by atoms with Gasteiger partial charge in [0.1, 0.15) is 11.5 Å². The maximum atomic E-state index is 12.8. The minimum absolute atomic E-state index is 0.0263. The first kappa shape index (κ1) is 19.9. The molecule has 1 aromatic heterocycles. The van der Waals surface area contributed by atoms with Crippen LogP contribution < -0.4 is 10.1 Å². The molecule has 0 saturated heterocycles. The number of nitro benzene ring substituents is 1. The van der Waals surface area contributed by atoms with Crippen molar-refractivity contribution in [2.75, 3.05) is 5.32 Å². The number of thiazole rings is 1. The van der Waals surface area contributed by atoms with Gasteiger partial charge in [0.25, 0.3) is 5.69 Å². The van der Waals surface area contributed by atoms with Crippen molar-refractivity contribution in [3.63, 3.8) is 0 Å². The molecule has 11 heteroatoms. The Morgan fingerprint density at radius 3 is 2.64 bits per heavy atom. The highest BCUT2D eigenvalue weighted by Crippen LogP contribution is 2.34. The average molecular weight is 430 g/mol. The molecule has 0 fully saturated rings. The summed E-state index contributed by atoms with van der Waals surface area (Å²) in [5.41, 5.74) is -0.786. The fourth-order valence-corrected chi connectivity index (χ4v) is 3.19. The van der Waals surface area contributed by atoms with Crippen molar-refractivity contribution in [3.05, 3.63) is 73.7 Å². The van der Waals surface area contributed by atoms with E-state index >= 15 is 0 Å². The highest BCUT2D eigenvalue weighted by atomic mass is 35.5. The molecule has 1 heterocycles. The smallest absolute Gasteiger partial charge is 0.416 e. The summed E-state index contributed by atoms with van der Waals surface area (Å²) in [6.07, 6.45) is -2.96. The molecular formula is C17H11ClF3N3O3S. The molecule has 0 spiro atoms. The van der Waals surface area contributed by atoms with Crippen LogP contribution in [0, 0.1) is 10.1 Å². The number of anilines is 1. The van der Waals surface area contributed by atoms with Gasteiger partial charge in [0.2, 0.25) is 0 Å². The van der Waals surface area contributed by atoms with Crippen LogP contribution in [0.1, 0.15) is 10.4 Å². The van der Waals surface area contributed by atoms with Gasteiger partial charge < -0.3 is 10.1 Å². The van der Waals surface area contributed by atoms with Crippen LogP contribution in [-0.2, 0) is 12.7 Å². The van der Waals surface area contributed by atoms with Crippen molar-refractivity contribution in [1.29, 1.82) is 0 Å². The second kappa shape index (κ2) is 8.03. The average Bonchev–Trinajstić information content (AvgIpc) is 3.04. The first-order valence-electron chi connectivity index (χ1n) is 7.69. The molecule has 6 nitrogen and oxygen atoms in total. The van der Waals surface area contributed by atoms with E-state index in [2.05, 4.69) is 10.3 Å². The summed E-state index contributed by atoms with van der Waals surface area (Å²) in [5, 5.41) is 14.1. The highest BCUT2D eigenvalue weighted by Gasteiger charge is 2.30. The Balaban J connectivity index is 1.84. The Morgan fingerprint density at radius 1 is 1.21 bits per heavy atom. The summed E-state index contributed by atoms with van der Waals surface area (Å²) in [7, 11) is 0. The predicted octanol–water partition coefficient (Wildman–Crippen LogP) is 6.13. The van der Waals surface area contributed by atoms with Crippen LogP contribution >= 0.6 is 22.9 Å². The number of benzene rings is 2. The van der Waals surface area contributed by atoms with Crippen molar-refractivity contribution in [3.8, 4) is 11.5 Å². The van der Waals surface area contributed by atoms with Gasteiger partial charge in [0.05, 0.1) is 23.1 Å². The predicted molar refractivity (Wildman–Crippen MR) is 99.1 cm³/mol. The minimum Gasteiger partial charge on any atom is -0.457 e. The van der Waals surface area contributed by atoms with E-state index < -0.39 is 16.7 Å². The van der Waals surface area contributed by atoms with E-state index in [1.54, 1.807) is 6.20 Å². The number of alkyl halides is 3. The summed E-state index contributed by atoms with van der Waals surface area (Å²) < 4.78 is 44.3. The summed E-state index contributed by atoms with van der Waals surface area (Å²) in [4.78, 5) is 15.2. The number of non-ortho nitro benzene ring substituents is 1. The van der Waals surface area contributed by atoms with Crippen LogP contribution in [0.4, 0.5) is 24.5 Å². The van der Waals surface area contributed by atoms with Crippen molar-refractivity contribution >= 4 is 34.3 Å². The number of halogens is 4. The Hall–Kier alpha value is -2.85. The second-order valence-electron chi connectivity index (χ2n) is 5.53. The molecular weight excluding hydrogens is 419 g/mol. The lowest BCUT2D eigenvalue weighted by Crippen LogP contribution is -2.04. The van der Waals surface area contributed by atoms with E-state index in [-0.39, 0.29) is 17.2 Å². The molecule has 3 rings (SSSR count). The normalized spacial score (nSPS) is 11.3. The van der Waals surface area contributed by atoms with Gasteiger partial charge in [0.15, 0.2) is 4.47 Å². The van der Waals surface area contributed by atoms with Gasteiger partial charge in [-0.25, -0.2) is 4.98 Å². The van der Waals surface area contributed by atoms with Crippen LogP contribution in [0.2, 0.25) is 4.47 Å². The molecule has 0 bridgehead atoms. The monoisotopic (exact) mass is 429 g/mol. The fourth-order valence-electron chi connectivity index (χ4n) is 2.28. The number of nitro groups is 1. The topological polar surface area (TPSA) is 77.3 Å². The van der Waals surface area contributed by atoms with Gasteiger partial charge in [-0.3, -0.25) is 10.1 Å². The zero-order valence-corrected chi connectivity index (χ0v) is 15.4. The maximum Gasteiger partial charge on any atom is 0.416 e. The quantitative estimate of drug-likeness (QED) is 0.377. The van der Waals surface area contributed by atoms with E-state index in [0.29, 0.717) is 16.7 Å². The number of hydrogen-bond acceptors (Lipinski definition) is 6. The largest absolute Gasteiger partial charge is 0.457 e. The number of hydrogen-bond donors (Lipinski definition) is 1. The lowest BCUT2D eigenvalue weighted by atomic mass is 10.2. The summed E-state index contributed by atoms with van der Waals surface area (Å²) in [6, 6.07) is 8.15. The van der Waals surface area contributed by atoms with Gasteiger partial charge in [-0.2, -0.15) is 13.2 Å². The minimum atomic E-state index is -4.52. The molecule has 0 unspecified atom stereocenters. The number of nitrogens with one attached hydrogen (secondary N) is 1. The fraction of sp³-hybridized carbons (Fsp3) is 0.118. The summed E-state index contributed by atoms with van der Waals surface area (Å²) >= 11 is 7.01. The molecule has 0 radical (unpaired) electrons. The Kier molecular flexibility index (Phi) is 5.71. The van der Waals surface area contributed by atoms with Crippen LogP contribution in [0.3, 0.4) is 0 Å². The Bertz CT molecular complexity index is 1010. The van der Waals surface area contributed by atoms with E-state index in [9.17, 15) is 23.3 Å². The van der Waals surface area contributed by atoms with Gasteiger partial charge in [-0.05, 0) is 18.2 Å². The maximum absolute atomic E-state index is 12.8. The van der Waals surface area contributed by atoms with Gasteiger partial charge >= 0.3 is 6.18 Å². The molecule has 2 aromatic carbocycles. The second-order valence-corrected chi connectivity index (χ2v) is 7.23. The van der Waals surface area contributed by atoms with Crippen molar-refractivity contribution in [2.45, 2.75) is 12.7 Å². The van der Waals surface area contributed by atoms with Crippen molar-refractivity contribution < 1.29 is 22.8 Å². The zero-order chi connectivity index (χ0) is 20.3. The third kappa shape index (κ3) is 5.11. The van der Waals surface area contributed by atoms with Crippen molar-refractivity contribution in [1.82, 2.24) is 4.98 Å². The lowest BCUT2D eigenvalue weighted by Gasteiger charge is -2.11. The zero-order valence-electron chi connectivity index (χ0n) is 13.9. The molecule has 0 aliphatic carbocycles. The van der Waals surface area contributed by atoms with Gasteiger partial charge in [-0.15, -0.1) is 11.3 Å². The molecule has 28 heavy (non-hydrogen) atoms. The standard InChI is InChI=1S/C17H11ClF3N3O3S/c18-16-23-9-15(28-16)8-22-11-5-12(24(25)26)7-14(6-11)27-13-3-1-2-10(4-13)17(19,20)21/h1-7,9,22H,8H2. The Labute approximate surface area is 165 Å². The van der Waals surface area contributed by atoms with E-state index in [1.807, 2.05) is 0 Å². The first-order chi connectivity index (χ1) is 13.2. The van der Waals surface area contributed by atoms with E-state index in [4.69, 9.17) is 16.3 Å². The Morgan fingerprint density at radius 2 is 2.00 bits per heavy atom. The molecule has 0 aliphatic heterocycles. The summed E-state index contributed by atoms with van der Waals surface area (Å²) in [5.74, 6) is -0.0612. The highest BCUT2D eigenvalue weighted by molar-refractivity contribution is 7.15. The molecule has 1 N–H and O–H groups in total. The van der Waals surface area contributed by atoms with Crippen LogP contribution in [0.15, 0.2) is 48.7 Å². The lowest BCUT2D eigenvalue weighted by molar-refractivity contribution is -0.384.